The number of aryl methyl sites for hydroxylation is 1. The predicted octanol–water partition coefficient (Wildman–Crippen LogP) is 2.60. The van der Waals surface area contributed by atoms with Crippen molar-refractivity contribution in [3.63, 3.8) is 0 Å². The molecule has 1 aliphatic rings. The van der Waals surface area contributed by atoms with Crippen molar-refractivity contribution < 1.29 is 8.91 Å². The molecule has 1 aliphatic carbocycles. The van der Waals surface area contributed by atoms with E-state index in [1.807, 2.05) is 12.1 Å². The van der Waals surface area contributed by atoms with Gasteiger partial charge < -0.3 is 9.84 Å². The van der Waals surface area contributed by atoms with Crippen LogP contribution in [0.4, 0.5) is 4.39 Å². The second-order valence-corrected chi connectivity index (χ2v) is 5.32. The van der Waals surface area contributed by atoms with Crippen molar-refractivity contribution in [1.29, 1.82) is 0 Å². The van der Waals surface area contributed by atoms with Gasteiger partial charge in [0.2, 0.25) is 5.89 Å². The Labute approximate surface area is 117 Å². The van der Waals surface area contributed by atoms with Gasteiger partial charge in [-0.2, -0.15) is 4.98 Å². The summed E-state index contributed by atoms with van der Waals surface area (Å²) in [7, 11) is 0. The quantitative estimate of drug-likeness (QED) is 0.911. The van der Waals surface area contributed by atoms with Crippen LogP contribution in [0.25, 0.3) is 0 Å². The second kappa shape index (κ2) is 5.71. The first-order valence-corrected chi connectivity index (χ1v) is 6.99. The Bertz CT molecular complexity index is 578. The molecule has 0 radical (unpaired) electrons. The molecule has 3 rings (SSSR count). The van der Waals surface area contributed by atoms with Gasteiger partial charge in [0.05, 0.1) is 0 Å². The highest BCUT2D eigenvalue weighted by Crippen LogP contribution is 2.37. The van der Waals surface area contributed by atoms with E-state index in [4.69, 9.17) is 4.52 Å². The van der Waals surface area contributed by atoms with Gasteiger partial charge in [0.15, 0.2) is 5.82 Å². The van der Waals surface area contributed by atoms with Crippen LogP contribution in [0, 0.1) is 12.7 Å². The fraction of sp³-hybridized carbons (Fsp3) is 0.467. The molecule has 1 N–H and O–H groups in total. The highest BCUT2D eigenvalue weighted by molar-refractivity contribution is 5.24. The fourth-order valence-corrected chi connectivity index (χ4v) is 2.68. The average molecular weight is 275 g/mol. The second-order valence-electron chi connectivity index (χ2n) is 5.32. The lowest BCUT2D eigenvalue weighted by atomic mass is 9.75. The molecular weight excluding hydrogens is 257 g/mol. The van der Waals surface area contributed by atoms with E-state index in [-0.39, 0.29) is 5.82 Å². The normalized spacial score (nSPS) is 21.7. The van der Waals surface area contributed by atoms with Crippen molar-refractivity contribution in [1.82, 2.24) is 15.5 Å². The molecule has 20 heavy (non-hydrogen) atoms. The third-order valence-electron chi connectivity index (χ3n) is 3.83. The molecule has 1 saturated carbocycles. The van der Waals surface area contributed by atoms with Crippen molar-refractivity contribution in [2.45, 2.75) is 38.1 Å². The van der Waals surface area contributed by atoms with E-state index in [9.17, 15) is 4.39 Å². The molecule has 0 amide bonds. The molecular formula is C15H18FN3O. The number of halogens is 1. The van der Waals surface area contributed by atoms with Crippen LogP contribution in [0.5, 0.6) is 0 Å². The minimum absolute atomic E-state index is 0.0850. The van der Waals surface area contributed by atoms with Gasteiger partial charge in [0, 0.05) is 25.9 Å². The van der Waals surface area contributed by atoms with Crippen molar-refractivity contribution in [2.75, 3.05) is 6.54 Å². The number of benzene rings is 1. The summed E-state index contributed by atoms with van der Waals surface area (Å²) >= 11 is 0. The Hall–Kier alpha value is -1.75. The lowest BCUT2D eigenvalue weighted by molar-refractivity contribution is 0.286. The van der Waals surface area contributed by atoms with Gasteiger partial charge in [-0.25, -0.2) is 4.39 Å². The van der Waals surface area contributed by atoms with Gasteiger partial charge >= 0.3 is 0 Å². The first kappa shape index (κ1) is 13.2. The van der Waals surface area contributed by atoms with Gasteiger partial charge in [-0.05, 0) is 30.4 Å². The van der Waals surface area contributed by atoms with Crippen molar-refractivity contribution >= 4 is 0 Å². The molecule has 0 saturated heterocycles. The molecule has 1 heterocycles. The minimum atomic E-state index is -0.0850. The van der Waals surface area contributed by atoms with Crippen LogP contribution >= 0.6 is 0 Å². The van der Waals surface area contributed by atoms with Crippen LogP contribution in [0.15, 0.2) is 28.8 Å². The molecule has 0 atom stereocenters. The number of aromatic nitrogens is 2. The molecule has 1 fully saturated rings. The molecule has 0 spiro atoms. The fourth-order valence-electron chi connectivity index (χ4n) is 2.68. The zero-order valence-electron chi connectivity index (χ0n) is 11.5. The molecule has 4 nitrogen and oxygen atoms in total. The number of nitrogens with one attached hydrogen (secondary N) is 1. The topological polar surface area (TPSA) is 51.0 Å². The first-order chi connectivity index (χ1) is 9.72. The van der Waals surface area contributed by atoms with Gasteiger partial charge in [0.1, 0.15) is 5.82 Å². The monoisotopic (exact) mass is 275 g/mol. The van der Waals surface area contributed by atoms with Crippen LogP contribution in [0.2, 0.25) is 0 Å². The summed E-state index contributed by atoms with van der Waals surface area (Å²) in [6.45, 7) is 2.61. The maximum Gasteiger partial charge on any atom is 0.223 e. The SMILES string of the molecule is Cc1nc(CCNC2CC(c3ccccc3F)C2)no1. The van der Waals surface area contributed by atoms with Crippen LogP contribution in [-0.4, -0.2) is 22.7 Å². The van der Waals surface area contributed by atoms with Gasteiger partial charge in [0.25, 0.3) is 0 Å². The summed E-state index contributed by atoms with van der Waals surface area (Å²) < 4.78 is 18.5. The Balaban J connectivity index is 1.41. The Morgan fingerprint density at radius 3 is 2.85 bits per heavy atom. The number of nitrogens with zero attached hydrogens (tertiary/aromatic N) is 2. The maximum absolute atomic E-state index is 13.6. The van der Waals surface area contributed by atoms with Crippen LogP contribution in [0.1, 0.15) is 36.0 Å². The van der Waals surface area contributed by atoms with E-state index in [1.165, 1.54) is 6.07 Å². The Morgan fingerprint density at radius 1 is 1.35 bits per heavy atom. The predicted molar refractivity (Wildman–Crippen MR) is 72.9 cm³/mol. The molecule has 0 aliphatic heterocycles. The highest BCUT2D eigenvalue weighted by Gasteiger charge is 2.31. The van der Waals surface area contributed by atoms with E-state index in [2.05, 4.69) is 15.5 Å². The lowest BCUT2D eigenvalue weighted by Gasteiger charge is -2.36. The van der Waals surface area contributed by atoms with E-state index < -0.39 is 0 Å². The lowest BCUT2D eigenvalue weighted by Crippen LogP contribution is -2.41. The maximum atomic E-state index is 13.6. The summed E-state index contributed by atoms with van der Waals surface area (Å²) in [5.41, 5.74) is 0.847. The van der Waals surface area contributed by atoms with E-state index in [0.717, 1.165) is 37.2 Å². The van der Waals surface area contributed by atoms with Gasteiger partial charge in [-0.1, -0.05) is 23.4 Å². The zero-order chi connectivity index (χ0) is 13.9. The summed E-state index contributed by atoms with van der Waals surface area (Å²) in [5.74, 6) is 1.60. The van der Waals surface area contributed by atoms with Crippen LogP contribution in [0.3, 0.4) is 0 Å². The molecule has 2 aromatic rings. The molecule has 1 aromatic heterocycles. The zero-order valence-corrected chi connectivity index (χ0v) is 11.5. The first-order valence-electron chi connectivity index (χ1n) is 6.99. The minimum Gasteiger partial charge on any atom is -0.340 e. The third-order valence-corrected chi connectivity index (χ3v) is 3.83. The van der Waals surface area contributed by atoms with Crippen LogP contribution < -0.4 is 5.32 Å². The van der Waals surface area contributed by atoms with Gasteiger partial charge in [-0.15, -0.1) is 0 Å². The molecule has 0 bridgehead atoms. The number of hydrogen-bond donors (Lipinski definition) is 1. The van der Waals surface area contributed by atoms with E-state index in [1.54, 1.807) is 13.0 Å². The molecule has 0 unspecified atom stereocenters. The smallest absolute Gasteiger partial charge is 0.223 e. The Morgan fingerprint density at radius 2 is 2.15 bits per heavy atom. The van der Waals surface area contributed by atoms with Crippen molar-refractivity contribution in [2.24, 2.45) is 0 Å². The standard InChI is InChI=1S/C15H18FN3O/c1-10-18-15(19-20-10)6-7-17-12-8-11(9-12)13-4-2-3-5-14(13)16/h2-5,11-12,17H,6-9H2,1H3. The van der Waals surface area contributed by atoms with E-state index >= 15 is 0 Å². The summed E-state index contributed by atoms with van der Waals surface area (Å²) in [6.07, 6.45) is 2.75. The highest BCUT2D eigenvalue weighted by atomic mass is 19.1. The molecule has 1 aromatic carbocycles. The van der Waals surface area contributed by atoms with Crippen molar-refractivity contribution in [3.05, 3.63) is 47.4 Å². The Kier molecular flexibility index (Phi) is 3.78. The summed E-state index contributed by atoms with van der Waals surface area (Å²) in [4.78, 5) is 4.16. The van der Waals surface area contributed by atoms with E-state index in [0.29, 0.717) is 17.9 Å². The largest absolute Gasteiger partial charge is 0.340 e. The third kappa shape index (κ3) is 2.88. The number of hydrogen-bond acceptors (Lipinski definition) is 4. The molecule has 106 valence electrons. The average Bonchev–Trinajstić information content (AvgIpc) is 2.79. The summed E-state index contributed by atoms with van der Waals surface area (Å²) in [6, 6.07) is 7.53. The molecule has 5 heteroatoms. The van der Waals surface area contributed by atoms with Crippen LogP contribution in [-0.2, 0) is 6.42 Å². The van der Waals surface area contributed by atoms with Gasteiger partial charge in [-0.3, -0.25) is 0 Å². The summed E-state index contributed by atoms with van der Waals surface area (Å²) in [5, 5.41) is 7.31. The number of rotatable bonds is 5. The van der Waals surface area contributed by atoms with Crippen molar-refractivity contribution in [3.8, 4) is 0 Å².